The van der Waals surface area contributed by atoms with Crippen LogP contribution in [0.1, 0.15) is 34.3 Å². The number of nitrogens with zero attached hydrogens (tertiary/aromatic N) is 4. The molecule has 1 aliphatic heterocycles. The van der Waals surface area contributed by atoms with Gasteiger partial charge in [-0.3, -0.25) is 9.78 Å². The normalized spacial score (nSPS) is 15.6. The number of carbonyl (C=O) groups is 1. The predicted molar refractivity (Wildman–Crippen MR) is 99.4 cm³/mol. The predicted octanol–water partition coefficient (Wildman–Crippen LogP) is 3.22. The maximum atomic E-state index is 11.3. The van der Waals surface area contributed by atoms with Gasteiger partial charge in [0.15, 0.2) is 0 Å². The van der Waals surface area contributed by atoms with E-state index < -0.39 is 5.91 Å². The third-order valence-electron chi connectivity index (χ3n) is 4.41. The number of aromatic nitrogens is 3. The molecular weight excluding hydrogens is 358 g/mol. The Morgan fingerprint density at radius 1 is 1.24 bits per heavy atom. The van der Waals surface area contributed by atoms with E-state index >= 15 is 0 Å². The molecule has 0 saturated carbocycles. The van der Waals surface area contributed by atoms with E-state index in [-0.39, 0.29) is 5.69 Å². The standard InChI is InChI=1S/C17H16ClN5OS/c18-11-1-2-14-12(7-11)22-17(25-14)10-3-5-23(6-4-10)15-9-20-8-13(21-15)16(19)24/h1-2,7-10H,3-6H2,(H2,19,24). The molecule has 3 aromatic rings. The van der Waals surface area contributed by atoms with Crippen LogP contribution in [-0.4, -0.2) is 33.9 Å². The molecule has 1 aliphatic rings. The third kappa shape index (κ3) is 3.29. The van der Waals surface area contributed by atoms with Crippen LogP contribution in [0.5, 0.6) is 0 Å². The van der Waals surface area contributed by atoms with Gasteiger partial charge in [0.05, 0.1) is 27.6 Å². The molecule has 6 nitrogen and oxygen atoms in total. The highest BCUT2D eigenvalue weighted by Crippen LogP contribution is 2.35. The van der Waals surface area contributed by atoms with Crippen molar-refractivity contribution in [1.82, 2.24) is 15.0 Å². The zero-order chi connectivity index (χ0) is 17.4. The lowest BCUT2D eigenvalue weighted by Crippen LogP contribution is -2.34. The minimum atomic E-state index is -0.558. The Bertz CT molecular complexity index is 936. The maximum absolute atomic E-state index is 11.3. The van der Waals surface area contributed by atoms with Crippen molar-refractivity contribution < 1.29 is 4.79 Å². The summed E-state index contributed by atoms with van der Waals surface area (Å²) >= 11 is 7.79. The topological polar surface area (TPSA) is 85.0 Å². The second-order valence-corrected chi connectivity index (χ2v) is 7.55. The summed E-state index contributed by atoms with van der Waals surface area (Å²) in [5.74, 6) is 0.572. The molecule has 1 saturated heterocycles. The Labute approximate surface area is 153 Å². The average Bonchev–Trinajstić information content (AvgIpc) is 3.05. The van der Waals surface area contributed by atoms with E-state index in [0.29, 0.717) is 16.8 Å². The lowest BCUT2D eigenvalue weighted by molar-refractivity contribution is 0.0995. The van der Waals surface area contributed by atoms with Crippen LogP contribution in [0.25, 0.3) is 10.2 Å². The minimum absolute atomic E-state index is 0.197. The SMILES string of the molecule is NC(=O)c1cncc(N2CCC(c3nc4cc(Cl)ccc4s3)CC2)n1. The lowest BCUT2D eigenvalue weighted by atomic mass is 9.97. The average molecular weight is 374 g/mol. The van der Waals surface area contributed by atoms with Crippen molar-refractivity contribution in [3.63, 3.8) is 0 Å². The van der Waals surface area contributed by atoms with Crippen LogP contribution < -0.4 is 10.6 Å². The van der Waals surface area contributed by atoms with Gasteiger partial charge in [0.25, 0.3) is 5.91 Å². The molecule has 0 bridgehead atoms. The van der Waals surface area contributed by atoms with Crippen LogP contribution in [0.15, 0.2) is 30.6 Å². The second-order valence-electron chi connectivity index (χ2n) is 6.05. The Morgan fingerprint density at radius 2 is 2.04 bits per heavy atom. The first-order chi connectivity index (χ1) is 12.1. The van der Waals surface area contributed by atoms with Crippen molar-refractivity contribution in [3.05, 3.63) is 46.3 Å². The molecule has 0 spiro atoms. The maximum Gasteiger partial charge on any atom is 0.268 e. The molecule has 0 aliphatic carbocycles. The molecule has 2 N–H and O–H groups in total. The van der Waals surface area contributed by atoms with Gasteiger partial charge in [0.2, 0.25) is 0 Å². The van der Waals surface area contributed by atoms with Crippen molar-refractivity contribution in [2.45, 2.75) is 18.8 Å². The minimum Gasteiger partial charge on any atom is -0.364 e. The summed E-state index contributed by atoms with van der Waals surface area (Å²) in [7, 11) is 0. The second kappa shape index (κ2) is 6.57. The number of hydrogen-bond acceptors (Lipinski definition) is 6. The molecule has 128 valence electrons. The summed E-state index contributed by atoms with van der Waals surface area (Å²) < 4.78 is 1.17. The number of thiazole rings is 1. The highest BCUT2D eigenvalue weighted by Gasteiger charge is 2.24. The van der Waals surface area contributed by atoms with E-state index in [0.717, 1.165) is 36.5 Å². The molecule has 25 heavy (non-hydrogen) atoms. The van der Waals surface area contributed by atoms with Crippen LogP contribution in [0, 0.1) is 0 Å². The number of piperidine rings is 1. The highest BCUT2D eigenvalue weighted by atomic mass is 35.5. The Balaban J connectivity index is 1.49. The van der Waals surface area contributed by atoms with E-state index in [1.54, 1.807) is 17.5 Å². The first kappa shape index (κ1) is 16.2. The van der Waals surface area contributed by atoms with Crippen molar-refractivity contribution >= 4 is 44.9 Å². The molecule has 1 fully saturated rings. The smallest absolute Gasteiger partial charge is 0.268 e. The highest BCUT2D eigenvalue weighted by molar-refractivity contribution is 7.18. The van der Waals surface area contributed by atoms with Gasteiger partial charge in [-0.2, -0.15) is 0 Å². The van der Waals surface area contributed by atoms with Gasteiger partial charge in [-0.15, -0.1) is 11.3 Å². The van der Waals surface area contributed by atoms with Crippen LogP contribution >= 0.6 is 22.9 Å². The number of anilines is 1. The number of amides is 1. The summed E-state index contributed by atoms with van der Waals surface area (Å²) in [5.41, 5.74) is 6.45. The summed E-state index contributed by atoms with van der Waals surface area (Å²) in [6.45, 7) is 1.69. The zero-order valence-corrected chi connectivity index (χ0v) is 14.9. The van der Waals surface area contributed by atoms with Crippen LogP contribution in [0.2, 0.25) is 5.02 Å². The van der Waals surface area contributed by atoms with E-state index in [1.165, 1.54) is 10.9 Å². The third-order valence-corrected chi connectivity index (χ3v) is 5.84. The molecule has 8 heteroatoms. The number of primary amides is 1. The van der Waals surface area contributed by atoms with Gasteiger partial charge in [-0.05, 0) is 31.0 Å². The summed E-state index contributed by atoms with van der Waals surface area (Å²) in [4.78, 5) is 26.5. The summed E-state index contributed by atoms with van der Waals surface area (Å²) in [6, 6.07) is 5.84. The quantitative estimate of drug-likeness (QED) is 0.761. The molecule has 4 rings (SSSR count). The number of benzene rings is 1. The van der Waals surface area contributed by atoms with E-state index in [9.17, 15) is 4.79 Å². The Hall–Kier alpha value is -2.25. The number of nitrogens with two attached hydrogens (primary N) is 1. The molecular formula is C17H16ClN5OS. The summed E-state index contributed by atoms with van der Waals surface area (Å²) in [5, 5.41) is 1.88. The first-order valence-corrected chi connectivity index (χ1v) is 9.22. The first-order valence-electron chi connectivity index (χ1n) is 8.03. The van der Waals surface area contributed by atoms with E-state index in [1.807, 2.05) is 18.2 Å². The van der Waals surface area contributed by atoms with Gasteiger partial charge in [-0.25, -0.2) is 9.97 Å². The number of halogens is 1. The molecule has 0 atom stereocenters. The Morgan fingerprint density at radius 3 is 2.80 bits per heavy atom. The van der Waals surface area contributed by atoms with E-state index in [4.69, 9.17) is 22.3 Å². The number of rotatable bonds is 3. The van der Waals surface area contributed by atoms with Crippen molar-refractivity contribution in [2.75, 3.05) is 18.0 Å². The number of hydrogen-bond donors (Lipinski definition) is 1. The fourth-order valence-electron chi connectivity index (χ4n) is 3.08. The fourth-order valence-corrected chi connectivity index (χ4v) is 4.36. The molecule has 2 aromatic heterocycles. The number of carbonyl (C=O) groups excluding carboxylic acids is 1. The molecule has 1 aromatic carbocycles. The monoisotopic (exact) mass is 373 g/mol. The molecule has 0 radical (unpaired) electrons. The van der Waals surface area contributed by atoms with Gasteiger partial charge in [-0.1, -0.05) is 11.6 Å². The van der Waals surface area contributed by atoms with Gasteiger partial charge < -0.3 is 10.6 Å². The summed E-state index contributed by atoms with van der Waals surface area (Å²) in [6.07, 6.45) is 5.03. The van der Waals surface area contributed by atoms with Crippen molar-refractivity contribution in [2.24, 2.45) is 5.73 Å². The zero-order valence-electron chi connectivity index (χ0n) is 13.4. The fraction of sp³-hybridized carbons (Fsp3) is 0.294. The Kier molecular flexibility index (Phi) is 4.27. The largest absolute Gasteiger partial charge is 0.364 e. The van der Waals surface area contributed by atoms with Crippen LogP contribution in [0.4, 0.5) is 5.82 Å². The van der Waals surface area contributed by atoms with E-state index in [2.05, 4.69) is 14.9 Å². The van der Waals surface area contributed by atoms with Crippen LogP contribution in [0.3, 0.4) is 0 Å². The van der Waals surface area contributed by atoms with Crippen LogP contribution in [-0.2, 0) is 0 Å². The van der Waals surface area contributed by atoms with Gasteiger partial charge in [0.1, 0.15) is 11.5 Å². The molecule has 0 unspecified atom stereocenters. The number of fused-ring (bicyclic) bond motifs is 1. The molecule has 1 amide bonds. The van der Waals surface area contributed by atoms with Crippen molar-refractivity contribution in [3.8, 4) is 0 Å². The molecule has 3 heterocycles. The van der Waals surface area contributed by atoms with Gasteiger partial charge >= 0.3 is 0 Å². The van der Waals surface area contributed by atoms with Gasteiger partial charge in [0, 0.05) is 24.0 Å². The lowest BCUT2D eigenvalue weighted by Gasteiger charge is -2.31. The van der Waals surface area contributed by atoms with Crippen molar-refractivity contribution in [1.29, 1.82) is 0 Å².